The van der Waals surface area contributed by atoms with Crippen molar-refractivity contribution in [1.29, 1.82) is 0 Å². The fraction of sp³-hybridized carbons (Fsp3) is 0.650. The highest BCUT2D eigenvalue weighted by atomic mass is 16.5. The lowest BCUT2D eigenvalue weighted by Gasteiger charge is -2.11. The number of carbonyl (C=O) groups is 3. The average molecular weight is 913 g/mol. The summed E-state index contributed by atoms with van der Waals surface area (Å²) >= 11 is 0. The smallest absolute Gasteiger partial charge is 0.338 e. The van der Waals surface area contributed by atoms with Crippen molar-refractivity contribution >= 4 is 17.9 Å². The molecule has 0 saturated heterocycles. The monoisotopic (exact) mass is 913 g/mol. The molecule has 0 aromatic heterocycles. The summed E-state index contributed by atoms with van der Waals surface area (Å²) < 4.78 is 16.3. The normalized spacial score (nSPS) is 11.0. The molecule has 0 fully saturated rings. The van der Waals surface area contributed by atoms with Gasteiger partial charge in [-0.2, -0.15) is 0 Å². The van der Waals surface area contributed by atoms with Crippen molar-refractivity contribution in [3.05, 3.63) is 103 Å². The van der Waals surface area contributed by atoms with Gasteiger partial charge < -0.3 is 14.2 Å². The molecular formula is C60H96O6. The molecule has 0 N–H and O–H groups in total. The summed E-state index contributed by atoms with van der Waals surface area (Å²) in [6.07, 6.45) is 21.9. The average Bonchev–Trinajstić information content (AvgIpc) is 3.20. The number of carbonyl (C=O) groups excluding carboxylic acids is 3. The summed E-state index contributed by atoms with van der Waals surface area (Å²) in [6.45, 7) is 33.3. The molecule has 372 valence electrons. The molecule has 6 nitrogen and oxygen atoms in total. The van der Waals surface area contributed by atoms with Gasteiger partial charge in [0.1, 0.15) is 0 Å². The van der Waals surface area contributed by atoms with Crippen LogP contribution < -0.4 is 0 Å². The summed E-state index contributed by atoms with van der Waals surface area (Å²) in [5.41, 5.74) is 11.8. The summed E-state index contributed by atoms with van der Waals surface area (Å²) in [6, 6.07) is 12.2. The molecule has 0 aliphatic carbocycles. The van der Waals surface area contributed by atoms with Crippen LogP contribution in [0, 0.1) is 80.1 Å². The molecule has 3 aromatic rings. The number of rotatable bonds is 27. The van der Waals surface area contributed by atoms with E-state index in [2.05, 4.69) is 62.3 Å². The highest BCUT2D eigenvalue weighted by molar-refractivity contribution is 5.94. The van der Waals surface area contributed by atoms with Crippen molar-refractivity contribution in [1.82, 2.24) is 0 Å². The lowest BCUT2D eigenvalue weighted by molar-refractivity contribution is 0.0486. The predicted molar refractivity (Wildman–Crippen MR) is 280 cm³/mol. The Hall–Kier alpha value is -3.93. The predicted octanol–water partition coefficient (Wildman–Crippen LogP) is 17.3. The number of unbranched alkanes of at least 4 members (excludes halogenated alkanes) is 12. The maximum atomic E-state index is 12.2. The van der Waals surface area contributed by atoms with Crippen molar-refractivity contribution in [3.63, 3.8) is 0 Å². The van der Waals surface area contributed by atoms with E-state index in [4.69, 9.17) is 14.2 Å². The van der Waals surface area contributed by atoms with Crippen LogP contribution in [-0.4, -0.2) is 37.7 Å². The molecule has 0 saturated carbocycles. The zero-order valence-electron chi connectivity index (χ0n) is 45.0. The molecule has 0 atom stereocenters. The molecule has 0 unspecified atom stereocenters. The summed E-state index contributed by atoms with van der Waals surface area (Å²) in [5.74, 6) is 1.91. The lowest BCUT2D eigenvalue weighted by Crippen LogP contribution is -2.10. The minimum absolute atomic E-state index is 0.171. The van der Waals surface area contributed by atoms with Gasteiger partial charge in [0.15, 0.2) is 0 Å². The standard InChI is InChI=1S/3C20H32O2/c3*1-15(2)11-9-7-6-8-10-12-22-20(21)19-17(4)13-16(3)14-18(19)5/h3*13-15H,6-12H2,1-5H3. The second-order valence-electron chi connectivity index (χ2n) is 20.6. The van der Waals surface area contributed by atoms with Gasteiger partial charge in [-0.3, -0.25) is 0 Å². The fourth-order valence-corrected chi connectivity index (χ4v) is 8.77. The lowest BCUT2D eigenvalue weighted by atomic mass is 10.00. The van der Waals surface area contributed by atoms with Gasteiger partial charge in [0, 0.05) is 0 Å². The number of benzene rings is 3. The Kier molecular flexibility index (Phi) is 31.3. The minimum atomic E-state index is -0.171. The van der Waals surface area contributed by atoms with Gasteiger partial charge in [-0.25, -0.2) is 14.4 Å². The Morgan fingerprint density at radius 2 is 0.500 bits per heavy atom. The number of hydrogen-bond donors (Lipinski definition) is 0. The van der Waals surface area contributed by atoms with Gasteiger partial charge in [-0.05, 0) is 133 Å². The van der Waals surface area contributed by atoms with Crippen LogP contribution in [0.1, 0.15) is 238 Å². The Morgan fingerprint density at radius 1 is 0.318 bits per heavy atom. The number of esters is 3. The van der Waals surface area contributed by atoms with E-state index in [1.807, 2.05) is 77.9 Å². The van der Waals surface area contributed by atoms with E-state index < -0.39 is 0 Å². The third-order valence-corrected chi connectivity index (χ3v) is 12.1. The van der Waals surface area contributed by atoms with Gasteiger partial charge >= 0.3 is 17.9 Å². The van der Waals surface area contributed by atoms with E-state index >= 15 is 0 Å². The number of ether oxygens (including phenoxy) is 3. The Morgan fingerprint density at radius 3 is 0.697 bits per heavy atom. The minimum Gasteiger partial charge on any atom is -0.462 e. The molecule has 0 spiro atoms. The van der Waals surface area contributed by atoms with E-state index in [0.717, 1.165) is 106 Å². The van der Waals surface area contributed by atoms with E-state index in [1.165, 1.54) is 93.7 Å². The van der Waals surface area contributed by atoms with Gasteiger partial charge in [0.25, 0.3) is 0 Å². The topological polar surface area (TPSA) is 78.9 Å². The summed E-state index contributed by atoms with van der Waals surface area (Å²) in [7, 11) is 0. The van der Waals surface area contributed by atoms with Crippen LogP contribution in [0.4, 0.5) is 0 Å². The Labute approximate surface area is 405 Å². The molecular weight excluding hydrogens is 817 g/mol. The van der Waals surface area contributed by atoms with E-state index in [-0.39, 0.29) is 17.9 Å². The van der Waals surface area contributed by atoms with Crippen molar-refractivity contribution in [2.75, 3.05) is 19.8 Å². The molecule has 0 bridgehead atoms. The van der Waals surface area contributed by atoms with Crippen molar-refractivity contribution in [2.24, 2.45) is 17.8 Å². The van der Waals surface area contributed by atoms with Crippen molar-refractivity contribution in [2.45, 2.75) is 219 Å². The first kappa shape index (κ1) is 60.1. The van der Waals surface area contributed by atoms with E-state index in [1.54, 1.807) is 0 Å². The highest BCUT2D eigenvalue weighted by Crippen LogP contribution is 2.21. The Balaban J connectivity index is 0.000000495. The van der Waals surface area contributed by atoms with Gasteiger partial charge in [-0.1, -0.05) is 191 Å². The molecule has 6 heteroatoms. The highest BCUT2D eigenvalue weighted by Gasteiger charge is 2.16. The summed E-state index contributed by atoms with van der Waals surface area (Å²) in [4.78, 5) is 36.6. The van der Waals surface area contributed by atoms with Gasteiger partial charge in [-0.15, -0.1) is 0 Å². The second-order valence-corrected chi connectivity index (χ2v) is 20.6. The molecule has 3 aromatic carbocycles. The fourth-order valence-electron chi connectivity index (χ4n) is 8.77. The number of hydrogen-bond acceptors (Lipinski definition) is 6. The van der Waals surface area contributed by atoms with Gasteiger partial charge in [0.05, 0.1) is 36.5 Å². The quantitative estimate of drug-likeness (QED) is 0.0431. The summed E-state index contributed by atoms with van der Waals surface area (Å²) in [5, 5.41) is 0. The first-order valence-electron chi connectivity index (χ1n) is 26.0. The third kappa shape index (κ3) is 26.4. The number of aryl methyl sites for hydroxylation is 9. The third-order valence-electron chi connectivity index (χ3n) is 12.1. The maximum Gasteiger partial charge on any atom is 0.338 e. The zero-order chi connectivity index (χ0) is 49.6. The van der Waals surface area contributed by atoms with Crippen LogP contribution in [0.3, 0.4) is 0 Å². The first-order valence-corrected chi connectivity index (χ1v) is 26.0. The SMILES string of the molecule is Cc1cc(C)c(C(=O)OCCCCCCCC(C)C)c(C)c1.Cc1cc(C)c(C(=O)OCCCCCCCC(C)C)c(C)c1.Cc1cc(C)c(C(=O)OCCCCCCCC(C)C)c(C)c1. The Bertz CT molecular complexity index is 1570. The van der Waals surface area contributed by atoms with Gasteiger partial charge in [0.2, 0.25) is 0 Å². The molecule has 0 aliphatic heterocycles. The molecule has 3 rings (SSSR count). The van der Waals surface area contributed by atoms with Crippen LogP contribution in [0.15, 0.2) is 36.4 Å². The molecule has 66 heavy (non-hydrogen) atoms. The molecule has 0 amide bonds. The first-order chi connectivity index (χ1) is 31.2. The second kappa shape index (κ2) is 34.4. The van der Waals surface area contributed by atoms with Crippen molar-refractivity contribution < 1.29 is 28.6 Å². The molecule has 0 heterocycles. The zero-order valence-corrected chi connectivity index (χ0v) is 45.0. The van der Waals surface area contributed by atoms with E-state index in [0.29, 0.717) is 19.8 Å². The molecule has 0 aliphatic rings. The van der Waals surface area contributed by atoms with Crippen LogP contribution >= 0.6 is 0 Å². The van der Waals surface area contributed by atoms with Crippen LogP contribution in [0.2, 0.25) is 0 Å². The van der Waals surface area contributed by atoms with Crippen molar-refractivity contribution in [3.8, 4) is 0 Å². The maximum absolute atomic E-state index is 12.2. The van der Waals surface area contributed by atoms with Crippen LogP contribution in [-0.2, 0) is 14.2 Å². The molecule has 0 radical (unpaired) electrons. The van der Waals surface area contributed by atoms with Crippen LogP contribution in [0.5, 0.6) is 0 Å². The largest absolute Gasteiger partial charge is 0.462 e. The van der Waals surface area contributed by atoms with Crippen LogP contribution in [0.25, 0.3) is 0 Å². The van der Waals surface area contributed by atoms with E-state index in [9.17, 15) is 14.4 Å².